The van der Waals surface area contributed by atoms with Crippen molar-refractivity contribution in [1.82, 2.24) is 0 Å². The number of ether oxygens (including phenoxy) is 1. The van der Waals surface area contributed by atoms with Gasteiger partial charge in [0.25, 0.3) is 0 Å². The van der Waals surface area contributed by atoms with Gasteiger partial charge in [-0.1, -0.05) is 91.0 Å². The molecular formula is C34H30FeNO3P+2. The van der Waals surface area contributed by atoms with Gasteiger partial charge in [-0.2, -0.15) is 0 Å². The van der Waals surface area contributed by atoms with E-state index in [1.54, 1.807) is 12.8 Å². The van der Waals surface area contributed by atoms with Crippen LogP contribution in [0.2, 0.25) is 0 Å². The van der Waals surface area contributed by atoms with Gasteiger partial charge in [0.05, 0.1) is 13.7 Å². The summed E-state index contributed by atoms with van der Waals surface area (Å²) >= 11 is 0. The van der Waals surface area contributed by atoms with Crippen molar-refractivity contribution >= 4 is 35.2 Å². The Balaban J connectivity index is 0.000000482. The molecule has 0 heterocycles. The molecule has 10 radical (unpaired) electrons. The molecule has 3 aromatic carbocycles. The minimum Gasteiger partial charge on any atom is -0.461 e. The van der Waals surface area contributed by atoms with Crippen LogP contribution in [0.4, 0.5) is 0 Å². The van der Waals surface area contributed by atoms with E-state index in [4.69, 9.17) is 9.48 Å². The van der Waals surface area contributed by atoms with Crippen molar-refractivity contribution in [3.05, 3.63) is 166 Å². The molecule has 0 aliphatic heterocycles. The van der Waals surface area contributed by atoms with E-state index in [2.05, 4.69) is 36.4 Å². The van der Waals surface area contributed by atoms with Crippen LogP contribution in [0.5, 0.6) is 0 Å². The van der Waals surface area contributed by atoms with Gasteiger partial charge in [0.2, 0.25) is 0 Å². The first kappa shape index (κ1) is 31.8. The van der Waals surface area contributed by atoms with Crippen molar-refractivity contribution < 1.29 is 31.4 Å². The Morgan fingerprint density at radius 1 is 0.700 bits per heavy atom. The molecule has 0 amide bonds. The minimum atomic E-state index is -2.55. The second-order valence-corrected chi connectivity index (χ2v) is 11.6. The SMILES string of the molecule is CCOC(=O)/C(=C/[C]1[CH][CH][CH][CH]1)N=P(c1ccccc1)(c1ccccc1)c1ccccc1.O=C[C]1[CH][CH][CH][CH]1.[Fe+2]. The van der Waals surface area contributed by atoms with Crippen molar-refractivity contribution in [3.8, 4) is 0 Å². The van der Waals surface area contributed by atoms with Crippen molar-refractivity contribution in [2.75, 3.05) is 6.61 Å². The van der Waals surface area contributed by atoms with Gasteiger partial charge in [0.1, 0.15) is 12.0 Å². The van der Waals surface area contributed by atoms with Gasteiger partial charge in [0.15, 0.2) is 0 Å². The molecule has 2 aliphatic rings. The number of carbonyl (C=O) groups excluding carboxylic acids is 2. The monoisotopic (exact) mass is 587 g/mol. The summed E-state index contributed by atoms with van der Waals surface area (Å²) in [4.78, 5) is 22.9. The number of hydrogen-bond acceptors (Lipinski definition) is 4. The maximum atomic E-state index is 13.1. The van der Waals surface area contributed by atoms with E-state index in [1.807, 2.05) is 106 Å². The van der Waals surface area contributed by atoms with Crippen LogP contribution in [-0.2, 0) is 31.4 Å². The van der Waals surface area contributed by atoms with Crippen LogP contribution in [-0.4, -0.2) is 18.9 Å². The molecule has 0 bridgehead atoms. The summed E-state index contributed by atoms with van der Waals surface area (Å²) in [6.45, 7) is 2.10. The molecule has 0 spiro atoms. The van der Waals surface area contributed by atoms with Crippen molar-refractivity contribution in [2.45, 2.75) is 6.92 Å². The topological polar surface area (TPSA) is 55.7 Å². The summed E-state index contributed by atoms with van der Waals surface area (Å²) < 4.78 is 10.7. The largest absolute Gasteiger partial charge is 2.00 e. The molecule has 0 N–H and O–H groups in total. The molecular weight excluding hydrogens is 557 g/mol. The number of aldehydes is 1. The van der Waals surface area contributed by atoms with E-state index in [1.165, 1.54) is 0 Å². The average Bonchev–Trinajstić information content (AvgIpc) is 3.72. The average molecular weight is 587 g/mol. The molecule has 200 valence electrons. The number of nitrogens with zero attached hydrogens (tertiary/aromatic N) is 1. The minimum absolute atomic E-state index is 0. The Morgan fingerprint density at radius 3 is 1.45 bits per heavy atom. The van der Waals surface area contributed by atoms with Gasteiger partial charge in [-0.05, 0) is 64.4 Å². The fourth-order valence-corrected chi connectivity index (χ4v) is 7.67. The second kappa shape index (κ2) is 16.5. The van der Waals surface area contributed by atoms with Gasteiger partial charge < -0.3 is 9.53 Å². The molecule has 0 unspecified atom stereocenters. The summed E-state index contributed by atoms with van der Waals surface area (Å²) in [7, 11) is -2.55. The first-order valence-electron chi connectivity index (χ1n) is 12.7. The summed E-state index contributed by atoms with van der Waals surface area (Å²) in [5.41, 5.74) is 0.322. The Hall–Kier alpha value is -2.71. The van der Waals surface area contributed by atoms with E-state index in [9.17, 15) is 9.59 Å². The van der Waals surface area contributed by atoms with E-state index >= 15 is 0 Å². The summed E-state index contributed by atoms with van der Waals surface area (Å²) in [6.07, 6.45) is 17.7. The first-order valence-corrected chi connectivity index (χ1v) is 14.5. The fraction of sp³-hybridized carbons (Fsp3) is 0.0588. The molecule has 0 aromatic heterocycles. The standard InChI is InChI=1S/C28H25NO2P.C6H5O.Fe/c1-2-31-28(30)27(22-23-14-12-13-15-23)29-32(24-16-6-3-7-17-24,25-18-8-4-9-19-25)26-20-10-5-11-21-26;7-5-6-3-1-2-4-6;/h3-22H,2H2,1H3;1-5H;/q;;+2/b27-22-;;. The Morgan fingerprint density at radius 2 is 1.10 bits per heavy atom. The number of rotatable bonds is 8. The van der Waals surface area contributed by atoms with E-state index in [-0.39, 0.29) is 17.1 Å². The van der Waals surface area contributed by atoms with Crippen molar-refractivity contribution in [2.24, 2.45) is 4.74 Å². The van der Waals surface area contributed by atoms with Crippen LogP contribution in [0.1, 0.15) is 6.92 Å². The van der Waals surface area contributed by atoms with Crippen molar-refractivity contribution in [3.63, 3.8) is 0 Å². The van der Waals surface area contributed by atoms with Crippen molar-refractivity contribution in [1.29, 1.82) is 0 Å². The molecule has 2 saturated carbocycles. The first-order chi connectivity index (χ1) is 19.2. The van der Waals surface area contributed by atoms with Crippen LogP contribution >= 0.6 is 7.05 Å². The second-order valence-electron chi connectivity index (χ2n) is 8.55. The third-order valence-electron chi connectivity index (χ3n) is 5.95. The maximum absolute atomic E-state index is 13.1. The van der Waals surface area contributed by atoms with Crippen LogP contribution < -0.4 is 15.9 Å². The van der Waals surface area contributed by atoms with Gasteiger partial charge in [0, 0.05) is 27.7 Å². The van der Waals surface area contributed by atoms with Gasteiger partial charge in [-0.15, -0.1) is 0 Å². The Bertz CT molecular complexity index is 1160. The van der Waals surface area contributed by atoms with Crippen LogP contribution in [0.3, 0.4) is 0 Å². The smallest absolute Gasteiger partial charge is 0.461 e. The number of benzene rings is 3. The van der Waals surface area contributed by atoms with Crippen LogP contribution in [0.15, 0.2) is 108 Å². The molecule has 4 nitrogen and oxygen atoms in total. The van der Waals surface area contributed by atoms with Crippen LogP contribution in [0.25, 0.3) is 0 Å². The molecule has 6 heteroatoms. The fourth-order valence-electron chi connectivity index (χ4n) is 4.16. The predicted molar refractivity (Wildman–Crippen MR) is 159 cm³/mol. The Labute approximate surface area is 250 Å². The third-order valence-corrected chi connectivity index (χ3v) is 9.60. The summed E-state index contributed by atoms with van der Waals surface area (Å²) in [5, 5.41) is 3.24. The van der Waals surface area contributed by atoms with E-state index < -0.39 is 13.0 Å². The van der Waals surface area contributed by atoms with E-state index in [0.29, 0.717) is 12.3 Å². The summed E-state index contributed by atoms with van der Waals surface area (Å²) in [6, 6.07) is 30.7. The third kappa shape index (κ3) is 8.16. The van der Waals surface area contributed by atoms with Crippen LogP contribution in [0, 0.1) is 63.2 Å². The van der Waals surface area contributed by atoms with Gasteiger partial charge >= 0.3 is 23.0 Å². The Kier molecular flexibility index (Phi) is 13.1. The molecule has 40 heavy (non-hydrogen) atoms. The molecule has 2 fully saturated rings. The maximum Gasteiger partial charge on any atom is 2.00 e. The number of allylic oxidation sites excluding steroid dienone is 1. The number of carbonyl (C=O) groups is 2. The van der Waals surface area contributed by atoms with E-state index in [0.717, 1.165) is 34.0 Å². The zero-order valence-corrected chi connectivity index (χ0v) is 24.1. The molecule has 0 atom stereocenters. The number of esters is 1. The molecule has 2 aliphatic carbocycles. The normalized spacial score (nSPS) is 15.9. The zero-order valence-electron chi connectivity index (χ0n) is 22.1. The molecule has 0 saturated heterocycles. The number of hydrogen-bond donors (Lipinski definition) is 0. The molecule has 5 rings (SSSR count). The van der Waals surface area contributed by atoms with Gasteiger partial charge in [-0.3, -0.25) is 0 Å². The molecule has 3 aromatic rings. The predicted octanol–water partition coefficient (Wildman–Crippen LogP) is 5.60. The quantitative estimate of drug-likeness (QED) is 0.113. The zero-order chi connectivity index (χ0) is 27.3. The van der Waals surface area contributed by atoms with Gasteiger partial charge in [-0.25, -0.2) is 9.54 Å². The summed E-state index contributed by atoms with van der Waals surface area (Å²) in [5.74, 6) is 1.25.